The predicted octanol–water partition coefficient (Wildman–Crippen LogP) is 11.0. The van der Waals surface area contributed by atoms with Crippen LogP contribution in [0.1, 0.15) is 113 Å². The molecule has 3 rings (SSSR count). The van der Waals surface area contributed by atoms with Gasteiger partial charge in [-0.05, 0) is 47.7 Å². The standard InChI is InChI=1S/C33H47ClN2O2S.BrH/c1-2-3-4-5-6-7-8-9-10-11-12-13-14-15-23-38-30-20-21-31(32(34)25-30)33(37)35-29-18-16-28(17-19-29)26-36-22-24-39-27-36;/h16-22,24-25H,2-15,23,26-27H2,1H3,(H,35,37);1H. The van der Waals surface area contributed by atoms with E-state index in [1.165, 1.54) is 89.0 Å². The summed E-state index contributed by atoms with van der Waals surface area (Å²) >= 11 is 8.22. The lowest BCUT2D eigenvalue weighted by Gasteiger charge is -2.15. The minimum absolute atomic E-state index is 0. The maximum atomic E-state index is 12.8. The van der Waals surface area contributed by atoms with Gasteiger partial charge in [-0.15, -0.1) is 28.7 Å². The lowest BCUT2D eigenvalue weighted by molar-refractivity contribution is 0.102. The second-order valence-electron chi connectivity index (χ2n) is 10.6. The van der Waals surface area contributed by atoms with E-state index in [1.807, 2.05) is 30.3 Å². The van der Waals surface area contributed by atoms with Crippen LogP contribution in [-0.4, -0.2) is 23.3 Å². The number of unbranched alkanes of at least 4 members (excludes halogenated alkanes) is 13. The predicted molar refractivity (Wildman–Crippen MR) is 179 cm³/mol. The molecule has 0 bridgehead atoms. The van der Waals surface area contributed by atoms with Crippen LogP contribution in [0.2, 0.25) is 5.02 Å². The SMILES string of the molecule is Br.CCCCCCCCCCCCCCCCOc1ccc(C(=O)Nc2ccc(CN3C=CSC3)cc2)c(Cl)c1. The van der Waals surface area contributed by atoms with Gasteiger partial charge in [0.25, 0.3) is 5.91 Å². The summed E-state index contributed by atoms with van der Waals surface area (Å²) in [5.74, 6) is 1.48. The number of halogens is 2. The van der Waals surface area contributed by atoms with Crippen LogP contribution < -0.4 is 10.1 Å². The van der Waals surface area contributed by atoms with Crippen LogP contribution in [0.4, 0.5) is 5.69 Å². The summed E-state index contributed by atoms with van der Waals surface area (Å²) in [6, 6.07) is 13.3. The molecule has 222 valence electrons. The van der Waals surface area contributed by atoms with Crippen LogP contribution in [0.15, 0.2) is 54.1 Å². The van der Waals surface area contributed by atoms with E-state index in [4.69, 9.17) is 16.3 Å². The second-order valence-corrected chi connectivity index (χ2v) is 11.8. The van der Waals surface area contributed by atoms with Gasteiger partial charge in [-0.1, -0.05) is 114 Å². The van der Waals surface area contributed by atoms with Crippen molar-refractivity contribution >= 4 is 51.9 Å². The molecule has 1 N–H and O–H groups in total. The van der Waals surface area contributed by atoms with Gasteiger partial charge in [0.2, 0.25) is 0 Å². The van der Waals surface area contributed by atoms with Gasteiger partial charge < -0.3 is 15.0 Å². The molecule has 0 saturated carbocycles. The van der Waals surface area contributed by atoms with Gasteiger partial charge in [0.05, 0.1) is 23.1 Å². The van der Waals surface area contributed by atoms with Crippen molar-refractivity contribution in [2.24, 2.45) is 0 Å². The molecule has 0 atom stereocenters. The number of nitrogens with zero attached hydrogens (tertiary/aromatic N) is 1. The maximum absolute atomic E-state index is 12.8. The Balaban J connectivity index is 0.00000560. The van der Waals surface area contributed by atoms with Crippen molar-refractivity contribution in [3.8, 4) is 5.75 Å². The van der Waals surface area contributed by atoms with Gasteiger partial charge in [-0.3, -0.25) is 4.79 Å². The first-order valence-corrected chi connectivity index (χ1v) is 16.4. The quantitative estimate of drug-likeness (QED) is 0.145. The summed E-state index contributed by atoms with van der Waals surface area (Å²) in [7, 11) is 0. The Kier molecular flexibility index (Phi) is 18.3. The monoisotopic (exact) mass is 650 g/mol. The summed E-state index contributed by atoms with van der Waals surface area (Å²) in [5, 5.41) is 5.45. The molecule has 0 aromatic heterocycles. The zero-order chi connectivity index (χ0) is 27.5. The number of thioether (sulfide) groups is 1. The van der Waals surface area contributed by atoms with Gasteiger partial charge in [-0.2, -0.15) is 0 Å². The zero-order valence-electron chi connectivity index (χ0n) is 24.2. The lowest BCUT2D eigenvalue weighted by Crippen LogP contribution is -2.14. The highest BCUT2D eigenvalue weighted by Gasteiger charge is 2.12. The van der Waals surface area contributed by atoms with Crippen molar-refractivity contribution in [3.63, 3.8) is 0 Å². The Morgan fingerprint density at radius 2 is 1.48 bits per heavy atom. The molecule has 1 heterocycles. The fourth-order valence-corrected chi connectivity index (χ4v) is 5.76. The number of hydrogen-bond acceptors (Lipinski definition) is 4. The van der Waals surface area contributed by atoms with Gasteiger partial charge in [0.1, 0.15) is 5.75 Å². The highest BCUT2D eigenvalue weighted by molar-refractivity contribution is 8.93. The molecule has 40 heavy (non-hydrogen) atoms. The molecule has 2 aromatic carbocycles. The van der Waals surface area contributed by atoms with E-state index in [0.717, 1.165) is 24.5 Å². The summed E-state index contributed by atoms with van der Waals surface area (Å²) in [5.41, 5.74) is 2.41. The second kappa shape index (κ2) is 21.1. The number of benzene rings is 2. The van der Waals surface area contributed by atoms with Gasteiger partial charge in [-0.25, -0.2) is 0 Å². The Morgan fingerprint density at radius 1 is 0.875 bits per heavy atom. The van der Waals surface area contributed by atoms with Crippen LogP contribution in [0.3, 0.4) is 0 Å². The number of ether oxygens (including phenoxy) is 1. The van der Waals surface area contributed by atoms with Crippen molar-refractivity contribution < 1.29 is 9.53 Å². The highest BCUT2D eigenvalue weighted by atomic mass is 79.9. The summed E-state index contributed by atoms with van der Waals surface area (Å²) in [4.78, 5) is 15.0. The van der Waals surface area contributed by atoms with Crippen LogP contribution in [0.5, 0.6) is 5.75 Å². The molecule has 4 nitrogen and oxygen atoms in total. The van der Waals surface area contributed by atoms with Crippen molar-refractivity contribution in [3.05, 3.63) is 70.2 Å². The molecular weight excluding hydrogens is 604 g/mol. The van der Waals surface area contributed by atoms with E-state index in [9.17, 15) is 4.79 Å². The molecule has 2 aromatic rings. The summed E-state index contributed by atoms with van der Waals surface area (Å²) in [6.45, 7) is 3.82. The largest absolute Gasteiger partial charge is 0.494 e. The number of hydrogen-bond donors (Lipinski definition) is 1. The fraction of sp³-hybridized carbons (Fsp3) is 0.545. The lowest BCUT2D eigenvalue weighted by atomic mass is 10.0. The van der Waals surface area contributed by atoms with Crippen LogP contribution in [0, 0.1) is 0 Å². The Hall–Kier alpha value is -1.63. The molecule has 1 aliphatic rings. The molecule has 0 aliphatic carbocycles. The molecule has 0 radical (unpaired) electrons. The number of amides is 1. The van der Waals surface area contributed by atoms with E-state index >= 15 is 0 Å². The Labute approximate surface area is 262 Å². The molecular formula is C33H48BrClN2O2S. The first kappa shape index (κ1) is 34.6. The molecule has 0 saturated heterocycles. The molecule has 0 fully saturated rings. The molecule has 1 amide bonds. The van der Waals surface area contributed by atoms with Gasteiger partial charge >= 0.3 is 0 Å². The van der Waals surface area contributed by atoms with Crippen molar-refractivity contribution in [1.29, 1.82) is 0 Å². The fourth-order valence-electron chi connectivity index (χ4n) is 4.79. The highest BCUT2D eigenvalue weighted by Crippen LogP contribution is 2.25. The first-order valence-electron chi connectivity index (χ1n) is 15.0. The molecule has 0 unspecified atom stereocenters. The average Bonchev–Trinajstić information content (AvgIpc) is 3.45. The number of rotatable bonds is 20. The smallest absolute Gasteiger partial charge is 0.257 e. The minimum Gasteiger partial charge on any atom is -0.494 e. The van der Waals surface area contributed by atoms with Crippen molar-refractivity contribution in [2.45, 2.75) is 103 Å². The molecule has 1 aliphatic heterocycles. The van der Waals surface area contributed by atoms with Gasteiger partial charge in [0.15, 0.2) is 0 Å². The normalized spacial score (nSPS) is 12.4. The molecule has 7 heteroatoms. The average molecular weight is 652 g/mol. The van der Waals surface area contributed by atoms with Crippen LogP contribution in [-0.2, 0) is 6.54 Å². The topological polar surface area (TPSA) is 41.6 Å². The zero-order valence-corrected chi connectivity index (χ0v) is 27.5. The van der Waals surface area contributed by atoms with E-state index < -0.39 is 0 Å². The number of carbonyl (C=O) groups excluding carboxylic acids is 1. The molecule has 0 spiro atoms. The van der Waals surface area contributed by atoms with Gasteiger partial charge in [0, 0.05) is 18.4 Å². The Bertz CT molecular complexity index is 1000. The van der Waals surface area contributed by atoms with Crippen LogP contribution >= 0.6 is 40.3 Å². The third-order valence-electron chi connectivity index (χ3n) is 7.16. The third kappa shape index (κ3) is 13.8. The van der Waals surface area contributed by atoms with E-state index in [-0.39, 0.29) is 22.9 Å². The number of carbonyl (C=O) groups is 1. The number of anilines is 1. The first-order chi connectivity index (χ1) is 19.2. The van der Waals surface area contributed by atoms with Crippen molar-refractivity contribution in [2.75, 3.05) is 17.8 Å². The van der Waals surface area contributed by atoms with E-state index in [1.54, 1.807) is 23.9 Å². The summed E-state index contributed by atoms with van der Waals surface area (Å²) in [6.07, 6.45) is 20.9. The minimum atomic E-state index is -0.217. The van der Waals surface area contributed by atoms with E-state index in [0.29, 0.717) is 22.9 Å². The van der Waals surface area contributed by atoms with E-state index in [2.05, 4.69) is 28.7 Å². The number of nitrogens with one attached hydrogen (secondary N) is 1. The maximum Gasteiger partial charge on any atom is 0.257 e. The van der Waals surface area contributed by atoms with Crippen molar-refractivity contribution in [1.82, 2.24) is 4.90 Å². The third-order valence-corrected chi connectivity index (χ3v) is 8.27. The van der Waals surface area contributed by atoms with Crippen LogP contribution in [0.25, 0.3) is 0 Å². The Morgan fingerprint density at radius 3 is 2.02 bits per heavy atom. The summed E-state index contributed by atoms with van der Waals surface area (Å²) < 4.78 is 5.89.